The van der Waals surface area contributed by atoms with Crippen molar-refractivity contribution in [1.29, 1.82) is 0 Å². The standard InChI is InChI=1S/C13H19NO/c1-13(2)9-8-10-6-4-5-7-11(10)12(13)14-15-3/h4-7,12,14H,8-9H2,1-3H3. The molecule has 1 atom stereocenters. The summed E-state index contributed by atoms with van der Waals surface area (Å²) in [6, 6.07) is 8.93. The molecule has 0 fully saturated rings. The van der Waals surface area contributed by atoms with E-state index < -0.39 is 0 Å². The highest BCUT2D eigenvalue weighted by Gasteiger charge is 2.35. The Morgan fingerprint density at radius 1 is 1.33 bits per heavy atom. The minimum atomic E-state index is 0.254. The molecule has 82 valence electrons. The summed E-state index contributed by atoms with van der Waals surface area (Å²) >= 11 is 0. The molecule has 0 spiro atoms. The van der Waals surface area contributed by atoms with Crippen molar-refractivity contribution in [3.05, 3.63) is 35.4 Å². The molecule has 0 saturated carbocycles. The van der Waals surface area contributed by atoms with Gasteiger partial charge in [0.2, 0.25) is 0 Å². The molecule has 2 nitrogen and oxygen atoms in total. The summed E-state index contributed by atoms with van der Waals surface area (Å²) in [5.74, 6) is 0. The first kappa shape index (κ1) is 10.7. The van der Waals surface area contributed by atoms with Crippen LogP contribution >= 0.6 is 0 Å². The number of aryl methyl sites for hydroxylation is 1. The van der Waals surface area contributed by atoms with Gasteiger partial charge in [-0.3, -0.25) is 0 Å². The summed E-state index contributed by atoms with van der Waals surface area (Å²) in [5, 5.41) is 0. The second-order valence-corrected chi connectivity index (χ2v) is 4.94. The molecule has 2 heteroatoms. The van der Waals surface area contributed by atoms with Crippen molar-refractivity contribution in [2.75, 3.05) is 7.11 Å². The molecule has 0 amide bonds. The van der Waals surface area contributed by atoms with E-state index in [9.17, 15) is 0 Å². The Hall–Kier alpha value is -0.860. The van der Waals surface area contributed by atoms with E-state index in [1.165, 1.54) is 24.0 Å². The summed E-state index contributed by atoms with van der Waals surface area (Å²) in [5.41, 5.74) is 6.22. The van der Waals surface area contributed by atoms with Crippen LogP contribution in [0.4, 0.5) is 0 Å². The van der Waals surface area contributed by atoms with Gasteiger partial charge in [0.05, 0.1) is 13.2 Å². The molecule has 15 heavy (non-hydrogen) atoms. The van der Waals surface area contributed by atoms with Crippen LogP contribution in [-0.4, -0.2) is 7.11 Å². The first-order chi connectivity index (χ1) is 7.15. The molecule has 0 bridgehead atoms. The summed E-state index contributed by atoms with van der Waals surface area (Å²) in [7, 11) is 1.69. The number of benzene rings is 1. The zero-order chi connectivity index (χ0) is 10.9. The molecule has 0 saturated heterocycles. The summed E-state index contributed by atoms with van der Waals surface area (Å²) < 4.78 is 0. The third-order valence-corrected chi connectivity index (χ3v) is 3.42. The van der Waals surface area contributed by atoms with E-state index in [-0.39, 0.29) is 5.41 Å². The Morgan fingerprint density at radius 3 is 2.80 bits per heavy atom. The minimum Gasteiger partial charge on any atom is -0.304 e. The Morgan fingerprint density at radius 2 is 2.07 bits per heavy atom. The fraction of sp³-hybridized carbons (Fsp3) is 0.538. The van der Waals surface area contributed by atoms with Gasteiger partial charge < -0.3 is 4.84 Å². The Bertz CT molecular complexity index is 346. The fourth-order valence-corrected chi connectivity index (χ4v) is 2.41. The number of hydrogen-bond acceptors (Lipinski definition) is 2. The summed E-state index contributed by atoms with van der Waals surface area (Å²) in [6.07, 6.45) is 2.37. The molecule has 0 aliphatic heterocycles. The van der Waals surface area contributed by atoms with Crippen LogP contribution in [0.15, 0.2) is 24.3 Å². The molecule has 1 unspecified atom stereocenters. The van der Waals surface area contributed by atoms with Gasteiger partial charge in [-0.2, -0.15) is 5.48 Å². The molecular formula is C13H19NO. The zero-order valence-corrected chi connectivity index (χ0v) is 9.71. The molecule has 1 aliphatic carbocycles. The van der Waals surface area contributed by atoms with E-state index >= 15 is 0 Å². The number of rotatable bonds is 2. The Balaban J connectivity index is 2.39. The number of fused-ring (bicyclic) bond motifs is 1. The van der Waals surface area contributed by atoms with E-state index in [2.05, 4.69) is 43.6 Å². The van der Waals surface area contributed by atoms with Gasteiger partial charge in [-0.05, 0) is 29.4 Å². The largest absolute Gasteiger partial charge is 0.304 e. The second-order valence-electron chi connectivity index (χ2n) is 4.94. The second kappa shape index (κ2) is 3.95. The van der Waals surface area contributed by atoms with E-state index in [0.29, 0.717) is 6.04 Å². The van der Waals surface area contributed by atoms with E-state index in [0.717, 1.165) is 0 Å². The monoisotopic (exact) mass is 205 g/mol. The predicted octanol–water partition coefficient (Wildman–Crippen LogP) is 2.85. The molecule has 1 aliphatic rings. The number of hydrogen-bond donors (Lipinski definition) is 1. The van der Waals surface area contributed by atoms with Crippen molar-refractivity contribution >= 4 is 0 Å². The van der Waals surface area contributed by atoms with Gasteiger partial charge >= 0.3 is 0 Å². The average Bonchev–Trinajstić information content (AvgIpc) is 2.23. The van der Waals surface area contributed by atoms with Gasteiger partial charge in [-0.1, -0.05) is 38.1 Å². The number of nitrogens with one attached hydrogen (secondary N) is 1. The summed E-state index contributed by atoms with van der Waals surface area (Å²) in [4.78, 5) is 5.12. The fourth-order valence-electron chi connectivity index (χ4n) is 2.41. The maximum absolute atomic E-state index is 5.12. The van der Waals surface area contributed by atoms with Crippen LogP contribution in [0.5, 0.6) is 0 Å². The highest BCUT2D eigenvalue weighted by atomic mass is 16.6. The lowest BCUT2D eigenvalue weighted by atomic mass is 9.71. The maximum Gasteiger partial charge on any atom is 0.0625 e. The van der Waals surface area contributed by atoms with E-state index in [1.807, 2.05) is 0 Å². The third kappa shape index (κ3) is 1.92. The Kier molecular flexibility index (Phi) is 2.81. The normalized spacial score (nSPS) is 23.5. The lowest BCUT2D eigenvalue weighted by Crippen LogP contribution is -2.37. The van der Waals surface area contributed by atoms with Crippen LogP contribution < -0.4 is 5.48 Å². The van der Waals surface area contributed by atoms with E-state index in [4.69, 9.17) is 4.84 Å². The average molecular weight is 205 g/mol. The van der Waals surface area contributed by atoms with Crippen molar-refractivity contribution in [1.82, 2.24) is 5.48 Å². The molecular weight excluding hydrogens is 186 g/mol. The first-order valence-corrected chi connectivity index (χ1v) is 5.51. The van der Waals surface area contributed by atoms with Crippen LogP contribution in [0.25, 0.3) is 0 Å². The highest BCUT2D eigenvalue weighted by Crippen LogP contribution is 2.43. The topological polar surface area (TPSA) is 21.3 Å². The third-order valence-electron chi connectivity index (χ3n) is 3.42. The number of hydroxylamine groups is 1. The van der Waals surface area contributed by atoms with Gasteiger partial charge in [0, 0.05) is 0 Å². The molecule has 2 rings (SSSR count). The SMILES string of the molecule is CONC1c2ccccc2CCC1(C)C. The van der Waals surface area contributed by atoms with Gasteiger partial charge in [0.1, 0.15) is 0 Å². The minimum absolute atomic E-state index is 0.254. The molecule has 1 aromatic rings. The van der Waals surface area contributed by atoms with Crippen molar-refractivity contribution in [2.45, 2.75) is 32.7 Å². The lowest BCUT2D eigenvalue weighted by molar-refractivity contribution is 0.0109. The van der Waals surface area contributed by atoms with Crippen LogP contribution in [0, 0.1) is 5.41 Å². The van der Waals surface area contributed by atoms with Gasteiger partial charge in [-0.15, -0.1) is 0 Å². The van der Waals surface area contributed by atoms with Crippen molar-refractivity contribution in [3.8, 4) is 0 Å². The molecule has 0 radical (unpaired) electrons. The molecule has 1 N–H and O–H groups in total. The quantitative estimate of drug-likeness (QED) is 0.750. The molecule has 0 heterocycles. The van der Waals surface area contributed by atoms with Crippen LogP contribution in [-0.2, 0) is 11.3 Å². The summed E-state index contributed by atoms with van der Waals surface area (Å²) in [6.45, 7) is 4.58. The maximum atomic E-state index is 5.12. The van der Waals surface area contributed by atoms with E-state index in [1.54, 1.807) is 7.11 Å². The highest BCUT2D eigenvalue weighted by molar-refractivity contribution is 5.33. The lowest BCUT2D eigenvalue weighted by Gasteiger charge is -2.39. The van der Waals surface area contributed by atoms with Crippen LogP contribution in [0.2, 0.25) is 0 Å². The van der Waals surface area contributed by atoms with Gasteiger partial charge in [0.15, 0.2) is 0 Å². The first-order valence-electron chi connectivity index (χ1n) is 5.51. The van der Waals surface area contributed by atoms with Crippen LogP contribution in [0.3, 0.4) is 0 Å². The smallest absolute Gasteiger partial charge is 0.0625 e. The van der Waals surface area contributed by atoms with Crippen LogP contribution in [0.1, 0.15) is 37.4 Å². The van der Waals surface area contributed by atoms with Gasteiger partial charge in [-0.25, -0.2) is 0 Å². The van der Waals surface area contributed by atoms with Crippen molar-refractivity contribution < 1.29 is 4.84 Å². The van der Waals surface area contributed by atoms with Crippen molar-refractivity contribution in [2.24, 2.45) is 5.41 Å². The zero-order valence-electron chi connectivity index (χ0n) is 9.71. The van der Waals surface area contributed by atoms with Gasteiger partial charge in [0.25, 0.3) is 0 Å². The molecule has 0 aromatic heterocycles. The van der Waals surface area contributed by atoms with Crippen molar-refractivity contribution in [3.63, 3.8) is 0 Å². The molecule has 1 aromatic carbocycles. The predicted molar refractivity (Wildman–Crippen MR) is 61.4 cm³/mol. The Labute approximate surface area is 91.6 Å².